The maximum atomic E-state index is 13.1. The van der Waals surface area contributed by atoms with Gasteiger partial charge >= 0.3 is 0 Å². The number of ether oxygens (including phenoxy) is 2. The highest BCUT2D eigenvalue weighted by Crippen LogP contribution is 2.23. The molecule has 1 amide bonds. The maximum absolute atomic E-state index is 13.1. The molecular weight excluding hydrogens is 995 g/mol. The molecule has 7 unspecified atom stereocenters. The van der Waals surface area contributed by atoms with E-state index in [9.17, 15) is 30.3 Å². The Labute approximate surface area is 495 Å². The first kappa shape index (κ1) is 76.4. The van der Waals surface area contributed by atoms with Crippen molar-refractivity contribution in [2.45, 2.75) is 397 Å². The van der Waals surface area contributed by atoms with E-state index in [-0.39, 0.29) is 12.5 Å². The van der Waals surface area contributed by atoms with E-state index in [2.05, 4.69) is 43.5 Å². The molecule has 0 bridgehead atoms. The van der Waals surface area contributed by atoms with E-state index in [0.29, 0.717) is 6.42 Å². The summed E-state index contributed by atoms with van der Waals surface area (Å²) >= 11 is 0. The Morgan fingerprint density at radius 3 is 1.07 bits per heavy atom. The van der Waals surface area contributed by atoms with Crippen LogP contribution in [0.25, 0.3) is 0 Å². The predicted octanol–water partition coefficient (Wildman–Crippen LogP) is 19.0. The quantitative estimate of drug-likeness (QED) is 0.0261. The van der Waals surface area contributed by atoms with Crippen LogP contribution in [0.15, 0.2) is 36.5 Å². The smallest absolute Gasteiger partial charge is 0.220 e. The number of carbonyl (C=O) groups excluding carboxylic acids is 1. The zero-order valence-electron chi connectivity index (χ0n) is 52.9. The van der Waals surface area contributed by atoms with Gasteiger partial charge in [-0.3, -0.25) is 4.79 Å². The van der Waals surface area contributed by atoms with Crippen molar-refractivity contribution in [1.29, 1.82) is 0 Å². The van der Waals surface area contributed by atoms with Gasteiger partial charge in [-0.05, 0) is 51.4 Å². The van der Waals surface area contributed by atoms with Gasteiger partial charge in [-0.15, -0.1) is 0 Å². The standard InChI is InChI=1S/C71H135NO8/c1-3-5-7-9-11-13-15-17-19-21-23-25-27-29-31-32-33-35-36-38-40-42-44-46-48-50-52-54-56-58-60-65(74)64(63-79-71-70(78)69(77)68(76)66(62-73)80-71)72-67(75)61-59-57-55-53-51-49-47-45-43-41-39-37-34-30-28-26-24-22-20-18-16-14-12-10-8-6-4-2/h16,18,22,24,58,60,64-66,68-71,73-74,76-78H,3-15,17,19-21,23,25-57,59,61-63H2,1-2H3,(H,72,75)/b18-16-,24-22-,60-58+. The molecule has 0 spiro atoms. The fourth-order valence-electron chi connectivity index (χ4n) is 11.4. The number of allylic oxidation sites excluding steroid dienone is 5. The van der Waals surface area contributed by atoms with Gasteiger partial charge in [-0.25, -0.2) is 0 Å². The predicted molar refractivity (Wildman–Crippen MR) is 341 cm³/mol. The fraction of sp³-hybridized carbons (Fsp3) is 0.901. The Bertz CT molecular complexity index is 1360. The largest absolute Gasteiger partial charge is 0.394 e. The van der Waals surface area contributed by atoms with Crippen LogP contribution in [0.1, 0.15) is 354 Å². The lowest BCUT2D eigenvalue weighted by molar-refractivity contribution is -0.302. The number of unbranched alkanes of at least 4 members (excludes halogenated alkanes) is 48. The van der Waals surface area contributed by atoms with E-state index >= 15 is 0 Å². The number of carbonyl (C=O) groups is 1. The molecule has 1 aliphatic rings. The van der Waals surface area contributed by atoms with Crippen molar-refractivity contribution < 1.29 is 39.8 Å². The molecule has 1 fully saturated rings. The zero-order valence-corrected chi connectivity index (χ0v) is 52.9. The van der Waals surface area contributed by atoms with E-state index in [1.54, 1.807) is 6.08 Å². The summed E-state index contributed by atoms with van der Waals surface area (Å²) in [5.74, 6) is -0.171. The monoisotopic (exact) mass is 1130 g/mol. The van der Waals surface area contributed by atoms with Crippen LogP contribution in [-0.2, 0) is 14.3 Å². The first-order valence-electron chi connectivity index (χ1n) is 35.2. The second-order valence-corrected chi connectivity index (χ2v) is 24.7. The number of nitrogens with one attached hydrogen (secondary N) is 1. The van der Waals surface area contributed by atoms with Crippen molar-refractivity contribution in [1.82, 2.24) is 5.32 Å². The summed E-state index contributed by atoms with van der Waals surface area (Å²) in [6.45, 7) is 3.82. The molecule has 1 saturated heterocycles. The topological polar surface area (TPSA) is 149 Å². The molecule has 9 heteroatoms. The minimum absolute atomic E-state index is 0.171. The molecule has 1 aliphatic heterocycles. The van der Waals surface area contributed by atoms with Gasteiger partial charge in [0, 0.05) is 6.42 Å². The van der Waals surface area contributed by atoms with Crippen molar-refractivity contribution in [2.24, 2.45) is 0 Å². The fourth-order valence-corrected chi connectivity index (χ4v) is 11.4. The highest BCUT2D eigenvalue weighted by molar-refractivity contribution is 5.76. The number of hydrogen-bond acceptors (Lipinski definition) is 8. The average molecular weight is 1130 g/mol. The molecular formula is C71H135NO8. The van der Waals surface area contributed by atoms with Crippen LogP contribution < -0.4 is 5.32 Å². The molecule has 0 aliphatic carbocycles. The normalized spacial score (nSPS) is 18.6. The van der Waals surface area contributed by atoms with Gasteiger partial charge < -0.3 is 40.3 Å². The minimum atomic E-state index is -1.57. The van der Waals surface area contributed by atoms with Crippen molar-refractivity contribution >= 4 is 5.91 Å². The zero-order chi connectivity index (χ0) is 57.9. The van der Waals surface area contributed by atoms with Gasteiger partial charge in [-0.2, -0.15) is 0 Å². The van der Waals surface area contributed by atoms with Gasteiger partial charge in [0.25, 0.3) is 0 Å². The van der Waals surface area contributed by atoms with Gasteiger partial charge in [0.2, 0.25) is 5.91 Å². The summed E-state index contributed by atoms with van der Waals surface area (Å²) in [7, 11) is 0. The minimum Gasteiger partial charge on any atom is -0.394 e. The third-order valence-electron chi connectivity index (χ3n) is 17.0. The van der Waals surface area contributed by atoms with E-state index in [1.165, 1.54) is 289 Å². The Kier molecular flexibility index (Phi) is 57.8. The van der Waals surface area contributed by atoms with E-state index < -0.39 is 49.5 Å². The first-order chi connectivity index (χ1) is 39.3. The number of aliphatic hydroxyl groups excluding tert-OH is 5. The van der Waals surface area contributed by atoms with Crippen LogP contribution in [0.3, 0.4) is 0 Å². The molecule has 0 radical (unpaired) electrons. The summed E-state index contributed by atoms with van der Waals surface area (Å²) in [4.78, 5) is 13.1. The van der Waals surface area contributed by atoms with Gasteiger partial charge in [0.15, 0.2) is 6.29 Å². The average Bonchev–Trinajstić information content (AvgIpc) is 3.46. The molecule has 9 nitrogen and oxygen atoms in total. The summed E-state index contributed by atoms with van der Waals surface area (Å²) in [6, 6.07) is -0.806. The van der Waals surface area contributed by atoms with Crippen LogP contribution >= 0.6 is 0 Å². The van der Waals surface area contributed by atoms with Crippen LogP contribution in [0.4, 0.5) is 0 Å². The lowest BCUT2D eigenvalue weighted by Crippen LogP contribution is -2.60. The Morgan fingerprint density at radius 2 is 0.738 bits per heavy atom. The van der Waals surface area contributed by atoms with Crippen LogP contribution in [0, 0.1) is 0 Å². The third kappa shape index (κ3) is 48.7. The Morgan fingerprint density at radius 1 is 0.425 bits per heavy atom. The summed E-state index contributed by atoms with van der Waals surface area (Å²) in [5.41, 5.74) is 0. The number of amides is 1. The third-order valence-corrected chi connectivity index (χ3v) is 17.0. The van der Waals surface area contributed by atoms with Crippen LogP contribution in [-0.4, -0.2) is 87.5 Å². The van der Waals surface area contributed by atoms with Crippen molar-refractivity contribution in [3.05, 3.63) is 36.5 Å². The SMILES string of the molecule is CCCCCCC/C=C\C/C=C\CCCCCCCCCCCCCCCCCC(=O)NC(COC1OC(CO)C(O)C(O)C1O)C(O)/C=C/CCCCCCCCCCCCCCCCCCCCCCCCCCCCCC. The van der Waals surface area contributed by atoms with Gasteiger partial charge in [0.1, 0.15) is 24.4 Å². The molecule has 472 valence electrons. The lowest BCUT2D eigenvalue weighted by Gasteiger charge is -2.40. The molecule has 0 aromatic heterocycles. The maximum Gasteiger partial charge on any atom is 0.220 e. The molecule has 6 N–H and O–H groups in total. The summed E-state index contributed by atoms with van der Waals surface area (Å²) in [5, 5.41) is 54.8. The molecule has 1 heterocycles. The molecule has 80 heavy (non-hydrogen) atoms. The highest BCUT2D eigenvalue weighted by Gasteiger charge is 2.44. The van der Waals surface area contributed by atoms with E-state index in [1.807, 2.05) is 6.08 Å². The Hall–Kier alpha value is -1.59. The van der Waals surface area contributed by atoms with E-state index in [4.69, 9.17) is 9.47 Å². The van der Waals surface area contributed by atoms with Gasteiger partial charge in [-0.1, -0.05) is 333 Å². The number of hydrogen-bond donors (Lipinski definition) is 6. The second kappa shape index (κ2) is 60.5. The first-order valence-corrected chi connectivity index (χ1v) is 35.2. The van der Waals surface area contributed by atoms with E-state index in [0.717, 1.165) is 44.9 Å². The van der Waals surface area contributed by atoms with Gasteiger partial charge in [0.05, 0.1) is 25.4 Å². The second-order valence-electron chi connectivity index (χ2n) is 24.7. The highest BCUT2D eigenvalue weighted by atomic mass is 16.7. The number of rotatable bonds is 62. The van der Waals surface area contributed by atoms with Crippen molar-refractivity contribution in [3.8, 4) is 0 Å². The van der Waals surface area contributed by atoms with Crippen molar-refractivity contribution in [3.63, 3.8) is 0 Å². The van der Waals surface area contributed by atoms with Crippen molar-refractivity contribution in [2.75, 3.05) is 13.2 Å². The van der Waals surface area contributed by atoms with Crippen LogP contribution in [0.5, 0.6) is 0 Å². The molecule has 0 aromatic rings. The molecule has 0 aromatic carbocycles. The number of aliphatic hydroxyl groups is 5. The Balaban J connectivity index is 2.13. The molecule has 1 rings (SSSR count). The summed E-state index contributed by atoms with van der Waals surface area (Å²) in [6.07, 6.45) is 73.9. The summed E-state index contributed by atoms with van der Waals surface area (Å²) < 4.78 is 11.3. The molecule has 7 atom stereocenters. The lowest BCUT2D eigenvalue weighted by atomic mass is 9.99. The molecule has 0 saturated carbocycles. The van der Waals surface area contributed by atoms with Crippen LogP contribution in [0.2, 0.25) is 0 Å².